The van der Waals surface area contributed by atoms with Crippen molar-refractivity contribution < 1.29 is 23.8 Å². The summed E-state index contributed by atoms with van der Waals surface area (Å²) in [5.41, 5.74) is 6.19. The molecule has 0 aliphatic heterocycles. The van der Waals surface area contributed by atoms with Crippen LogP contribution in [0.1, 0.15) is 25.3 Å². The number of esters is 1. The summed E-state index contributed by atoms with van der Waals surface area (Å²) >= 11 is 0. The highest BCUT2D eigenvalue weighted by atomic mass is 31.2. The molecule has 1 rings (SSSR count). The summed E-state index contributed by atoms with van der Waals surface area (Å²) < 4.78 is 17.5. The van der Waals surface area contributed by atoms with Gasteiger partial charge in [0.15, 0.2) is 0 Å². The Bertz CT molecular complexity index is 579. The summed E-state index contributed by atoms with van der Waals surface area (Å²) in [6.07, 6.45) is 0.408. The third kappa shape index (κ3) is 7.25. The topological polar surface area (TPSA) is 119 Å². The van der Waals surface area contributed by atoms with Crippen molar-refractivity contribution in [2.45, 2.75) is 32.0 Å². The molecule has 1 aromatic rings. The molecule has 4 N–H and O–H groups in total. The van der Waals surface area contributed by atoms with E-state index in [0.717, 1.165) is 5.56 Å². The Morgan fingerprint density at radius 2 is 2.00 bits per heavy atom. The lowest BCUT2D eigenvalue weighted by Gasteiger charge is -2.24. The number of amides is 1. The van der Waals surface area contributed by atoms with Crippen LogP contribution < -0.4 is 11.1 Å². The maximum atomic E-state index is 12.7. The van der Waals surface area contributed by atoms with Crippen LogP contribution in [0.25, 0.3) is 0 Å². The maximum Gasteiger partial charge on any atom is 0.305 e. The van der Waals surface area contributed by atoms with E-state index in [9.17, 15) is 19.0 Å². The zero-order valence-corrected chi connectivity index (χ0v) is 14.7. The largest absolute Gasteiger partial charge is 0.466 e. The molecule has 1 amide bonds. The van der Waals surface area contributed by atoms with Gasteiger partial charge in [0.2, 0.25) is 13.3 Å². The van der Waals surface area contributed by atoms with Crippen molar-refractivity contribution in [2.75, 3.05) is 19.3 Å². The van der Waals surface area contributed by atoms with Gasteiger partial charge in [-0.1, -0.05) is 30.3 Å². The van der Waals surface area contributed by atoms with E-state index in [4.69, 9.17) is 10.5 Å². The number of benzene rings is 1. The van der Waals surface area contributed by atoms with Gasteiger partial charge in [-0.15, -0.1) is 0 Å². The van der Waals surface area contributed by atoms with Crippen LogP contribution in [0, 0.1) is 0 Å². The van der Waals surface area contributed by atoms with Gasteiger partial charge in [-0.25, -0.2) is 0 Å². The Hall–Kier alpha value is -1.69. The number of ether oxygens (including phenoxy) is 1. The third-order valence-electron chi connectivity index (χ3n) is 3.49. The van der Waals surface area contributed by atoms with Crippen molar-refractivity contribution in [3.63, 3.8) is 0 Å². The Balaban J connectivity index is 2.72. The molecule has 0 fully saturated rings. The molecule has 134 valence electrons. The first-order valence-electron chi connectivity index (χ1n) is 7.89. The molecule has 2 unspecified atom stereocenters. The van der Waals surface area contributed by atoms with Crippen molar-refractivity contribution in [1.82, 2.24) is 5.32 Å². The van der Waals surface area contributed by atoms with E-state index in [1.165, 1.54) is 0 Å². The number of hydrogen-bond acceptors (Lipinski definition) is 5. The van der Waals surface area contributed by atoms with E-state index in [2.05, 4.69) is 5.32 Å². The average Bonchev–Trinajstić information content (AvgIpc) is 2.57. The number of carbonyl (C=O) groups excluding carboxylic acids is 2. The lowest BCUT2D eigenvalue weighted by atomic mass is 10.2. The standard InChI is InChI=1S/C16H25N2O5P/c1-2-23-16(20)9-8-15(18-14(19)12-17)24(21,22)11-10-13-6-4-3-5-7-13/h3-7,15H,2,8-12,17H2,1H3,(H,18,19)(H,21,22). The first-order chi connectivity index (χ1) is 11.4. The van der Waals surface area contributed by atoms with Gasteiger partial charge in [0.25, 0.3) is 0 Å². The minimum Gasteiger partial charge on any atom is -0.466 e. The second kappa shape index (κ2) is 10.2. The van der Waals surface area contributed by atoms with Crippen LogP contribution in [0.5, 0.6) is 0 Å². The van der Waals surface area contributed by atoms with Gasteiger partial charge < -0.3 is 20.7 Å². The first-order valence-corrected chi connectivity index (χ1v) is 9.81. The SMILES string of the molecule is CCOC(=O)CCC(NC(=O)CN)P(=O)(O)CCc1ccccc1. The fourth-order valence-corrected chi connectivity index (χ4v) is 3.97. The smallest absolute Gasteiger partial charge is 0.305 e. The van der Waals surface area contributed by atoms with Gasteiger partial charge >= 0.3 is 5.97 Å². The number of nitrogens with two attached hydrogens (primary N) is 1. The first kappa shape index (κ1) is 20.4. The van der Waals surface area contributed by atoms with Crippen molar-refractivity contribution >= 4 is 19.2 Å². The van der Waals surface area contributed by atoms with Crippen molar-refractivity contribution in [2.24, 2.45) is 5.73 Å². The molecule has 0 aliphatic carbocycles. The molecule has 1 aromatic carbocycles. The molecule has 0 bridgehead atoms. The summed E-state index contributed by atoms with van der Waals surface area (Å²) in [5, 5.41) is 2.46. The van der Waals surface area contributed by atoms with Crippen LogP contribution in [0.4, 0.5) is 0 Å². The third-order valence-corrected chi connectivity index (χ3v) is 5.72. The minimum atomic E-state index is -3.71. The van der Waals surface area contributed by atoms with Crippen molar-refractivity contribution in [3.05, 3.63) is 35.9 Å². The highest BCUT2D eigenvalue weighted by Crippen LogP contribution is 2.47. The van der Waals surface area contributed by atoms with Gasteiger partial charge in [0.05, 0.1) is 13.2 Å². The molecule has 0 radical (unpaired) electrons. The monoisotopic (exact) mass is 356 g/mol. The fourth-order valence-electron chi connectivity index (χ4n) is 2.20. The van der Waals surface area contributed by atoms with Crippen LogP contribution in [-0.4, -0.2) is 41.9 Å². The molecule has 2 atom stereocenters. The fraction of sp³-hybridized carbons (Fsp3) is 0.500. The Morgan fingerprint density at radius 1 is 1.33 bits per heavy atom. The molecular formula is C16H25N2O5P. The van der Waals surface area contributed by atoms with Crippen LogP contribution in [0.3, 0.4) is 0 Å². The predicted octanol–water partition coefficient (Wildman–Crippen LogP) is 1.24. The Morgan fingerprint density at radius 3 is 2.58 bits per heavy atom. The second-order valence-electron chi connectivity index (χ2n) is 5.35. The van der Waals surface area contributed by atoms with Gasteiger partial charge in [-0.2, -0.15) is 0 Å². The van der Waals surface area contributed by atoms with Gasteiger partial charge in [-0.05, 0) is 25.3 Å². The van der Waals surface area contributed by atoms with Crippen molar-refractivity contribution in [3.8, 4) is 0 Å². The van der Waals surface area contributed by atoms with Crippen LogP contribution >= 0.6 is 7.37 Å². The zero-order valence-electron chi connectivity index (χ0n) is 13.8. The van der Waals surface area contributed by atoms with Crippen LogP contribution in [0.15, 0.2) is 30.3 Å². The van der Waals surface area contributed by atoms with Gasteiger partial charge in [0.1, 0.15) is 5.78 Å². The molecule has 0 aliphatic rings. The Kier molecular flexibility index (Phi) is 8.68. The summed E-state index contributed by atoms with van der Waals surface area (Å²) in [5.74, 6) is -2.01. The summed E-state index contributed by atoms with van der Waals surface area (Å²) in [7, 11) is -3.71. The van der Waals surface area contributed by atoms with Crippen molar-refractivity contribution in [1.29, 1.82) is 0 Å². The highest BCUT2D eigenvalue weighted by molar-refractivity contribution is 7.58. The maximum absolute atomic E-state index is 12.7. The second-order valence-corrected chi connectivity index (χ2v) is 7.93. The molecule has 0 spiro atoms. The number of rotatable bonds is 10. The quantitative estimate of drug-likeness (QED) is 0.429. The van der Waals surface area contributed by atoms with Crippen LogP contribution in [0.2, 0.25) is 0 Å². The van der Waals surface area contributed by atoms with E-state index in [1.807, 2.05) is 30.3 Å². The van der Waals surface area contributed by atoms with E-state index in [-0.39, 0.29) is 32.2 Å². The summed E-state index contributed by atoms with van der Waals surface area (Å²) in [4.78, 5) is 33.4. The van der Waals surface area contributed by atoms with Gasteiger partial charge in [0, 0.05) is 12.6 Å². The highest BCUT2D eigenvalue weighted by Gasteiger charge is 2.32. The number of nitrogens with one attached hydrogen (secondary N) is 1. The molecule has 0 aromatic heterocycles. The molecule has 7 nitrogen and oxygen atoms in total. The predicted molar refractivity (Wildman–Crippen MR) is 91.7 cm³/mol. The summed E-state index contributed by atoms with van der Waals surface area (Å²) in [6.45, 7) is 1.64. The zero-order chi connectivity index (χ0) is 18.0. The van der Waals surface area contributed by atoms with Gasteiger partial charge in [-0.3, -0.25) is 14.2 Å². The van der Waals surface area contributed by atoms with E-state index < -0.39 is 25.0 Å². The normalized spacial score (nSPS) is 14.5. The Labute approximate surface area is 142 Å². The number of aryl methyl sites for hydroxylation is 1. The molecule has 0 saturated carbocycles. The molecule has 24 heavy (non-hydrogen) atoms. The molecule has 0 heterocycles. The number of hydrogen-bond donors (Lipinski definition) is 3. The van der Waals surface area contributed by atoms with E-state index >= 15 is 0 Å². The minimum absolute atomic E-state index is 0.00928. The average molecular weight is 356 g/mol. The lowest BCUT2D eigenvalue weighted by molar-refractivity contribution is -0.143. The van der Waals surface area contributed by atoms with E-state index in [0.29, 0.717) is 6.42 Å². The molecular weight excluding hydrogens is 331 g/mol. The lowest BCUT2D eigenvalue weighted by Crippen LogP contribution is -2.39. The summed E-state index contributed by atoms with van der Waals surface area (Å²) in [6, 6.07) is 9.31. The van der Waals surface area contributed by atoms with Crippen LogP contribution in [-0.2, 0) is 25.3 Å². The van der Waals surface area contributed by atoms with E-state index in [1.54, 1.807) is 6.92 Å². The molecule has 0 saturated heterocycles. The molecule has 8 heteroatoms. The number of carbonyl (C=O) groups is 2.